The summed E-state index contributed by atoms with van der Waals surface area (Å²) in [7, 11) is 0. The molecule has 3 N–H and O–H groups in total. The van der Waals surface area contributed by atoms with Crippen molar-refractivity contribution in [3.63, 3.8) is 0 Å². The van der Waals surface area contributed by atoms with Crippen molar-refractivity contribution in [3.8, 4) is 11.4 Å². The third-order valence-corrected chi connectivity index (χ3v) is 2.97. The smallest absolute Gasteiger partial charge is 0.292 e. The van der Waals surface area contributed by atoms with Gasteiger partial charge in [-0.25, -0.2) is 9.97 Å². The second-order valence-corrected chi connectivity index (χ2v) is 4.50. The van der Waals surface area contributed by atoms with E-state index in [0.717, 1.165) is 11.1 Å². The summed E-state index contributed by atoms with van der Waals surface area (Å²) in [6.45, 7) is 1.93. The minimum atomic E-state index is -0.510. The fourth-order valence-electron chi connectivity index (χ4n) is 1.99. The summed E-state index contributed by atoms with van der Waals surface area (Å²) in [4.78, 5) is 22.0. The molecule has 7 heteroatoms. The summed E-state index contributed by atoms with van der Waals surface area (Å²) >= 11 is 0. The lowest BCUT2D eigenvalue weighted by Crippen LogP contribution is -1.96. The Bertz CT molecular complexity index is 825. The summed E-state index contributed by atoms with van der Waals surface area (Å²) in [5, 5.41) is 10.9. The van der Waals surface area contributed by atoms with Crippen molar-refractivity contribution in [2.75, 3.05) is 5.73 Å². The number of nitrogens with zero attached hydrogens (tertiary/aromatic N) is 3. The minimum absolute atomic E-state index is 0.129. The number of aryl methyl sites for hydroxylation is 1. The lowest BCUT2D eigenvalue weighted by molar-refractivity contribution is -0.383. The quantitative estimate of drug-likeness (QED) is 0.421. The number of nitrogen functional groups attached to an aromatic ring is 1. The van der Waals surface area contributed by atoms with Crippen LogP contribution in [-0.2, 0) is 0 Å². The Hall–Kier alpha value is -2.96. The molecule has 0 aliphatic rings. The number of aromatic nitrogens is 3. The molecule has 100 valence electrons. The van der Waals surface area contributed by atoms with Crippen molar-refractivity contribution >= 4 is 22.5 Å². The van der Waals surface area contributed by atoms with E-state index in [0.29, 0.717) is 17.0 Å². The van der Waals surface area contributed by atoms with Crippen LogP contribution in [0.15, 0.2) is 30.5 Å². The Labute approximate surface area is 113 Å². The van der Waals surface area contributed by atoms with Gasteiger partial charge < -0.3 is 10.7 Å². The zero-order valence-electron chi connectivity index (χ0n) is 10.6. The molecule has 0 saturated heterocycles. The summed E-state index contributed by atoms with van der Waals surface area (Å²) in [6.07, 6.45) is 1.72. The van der Waals surface area contributed by atoms with Crippen LogP contribution < -0.4 is 5.73 Å². The molecule has 0 fully saturated rings. The zero-order chi connectivity index (χ0) is 14.3. The topological polar surface area (TPSA) is 111 Å². The van der Waals surface area contributed by atoms with Crippen molar-refractivity contribution in [1.82, 2.24) is 15.0 Å². The van der Waals surface area contributed by atoms with E-state index in [-0.39, 0.29) is 11.4 Å². The molecule has 0 atom stereocenters. The van der Waals surface area contributed by atoms with Gasteiger partial charge in [0.2, 0.25) is 0 Å². The molecule has 2 heterocycles. The number of fused-ring (bicyclic) bond motifs is 1. The van der Waals surface area contributed by atoms with Gasteiger partial charge in [-0.15, -0.1) is 0 Å². The van der Waals surface area contributed by atoms with Gasteiger partial charge >= 0.3 is 0 Å². The minimum Gasteiger partial charge on any atom is -0.393 e. The van der Waals surface area contributed by atoms with Gasteiger partial charge in [0.05, 0.1) is 10.4 Å². The number of imidazole rings is 1. The number of H-pyrrole nitrogens is 1. The maximum absolute atomic E-state index is 10.9. The van der Waals surface area contributed by atoms with Crippen LogP contribution in [0.1, 0.15) is 5.56 Å². The monoisotopic (exact) mass is 269 g/mol. The van der Waals surface area contributed by atoms with Gasteiger partial charge in [-0.3, -0.25) is 10.1 Å². The summed E-state index contributed by atoms with van der Waals surface area (Å²) in [6, 6.07) is 6.51. The number of aromatic amines is 1. The fourth-order valence-corrected chi connectivity index (χ4v) is 1.99. The molecule has 0 saturated carbocycles. The van der Waals surface area contributed by atoms with Crippen molar-refractivity contribution in [3.05, 3.63) is 46.1 Å². The molecule has 0 aliphatic carbocycles. The molecule has 2 aromatic heterocycles. The molecule has 3 aromatic rings. The number of anilines is 1. The van der Waals surface area contributed by atoms with Gasteiger partial charge in [0.25, 0.3) is 5.69 Å². The Morgan fingerprint density at radius 1 is 1.35 bits per heavy atom. The number of pyridine rings is 1. The standard InChI is InChI=1S/C13H11N5O2/c1-7-4-10-13(15-6-7)17-12(16-10)8-2-3-9(14)11(5-8)18(19)20/h2-6H,14H2,1H3,(H,15,16,17). The number of nitro groups is 1. The molecule has 20 heavy (non-hydrogen) atoms. The van der Waals surface area contributed by atoms with E-state index in [1.807, 2.05) is 13.0 Å². The lowest BCUT2D eigenvalue weighted by Gasteiger charge is -1.99. The molecule has 3 rings (SSSR count). The fraction of sp³-hybridized carbons (Fsp3) is 0.0769. The molecular formula is C13H11N5O2. The molecule has 0 aliphatic heterocycles. The Balaban J connectivity index is 2.15. The van der Waals surface area contributed by atoms with E-state index < -0.39 is 4.92 Å². The number of hydrogen-bond acceptors (Lipinski definition) is 5. The lowest BCUT2D eigenvalue weighted by atomic mass is 10.1. The Kier molecular flexibility index (Phi) is 2.60. The van der Waals surface area contributed by atoms with Gasteiger partial charge in [0.15, 0.2) is 5.65 Å². The van der Waals surface area contributed by atoms with Crippen molar-refractivity contribution < 1.29 is 4.92 Å². The van der Waals surface area contributed by atoms with Crippen LogP contribution in [-0.4, -0.2) is 19.9 Å². The molecule has 0 amide bonds. The Morgan fingerprint density at radius 3 is 2.90 bits per heavy atom. The molecule has 0 radical (unpaired) electrons. The molecule has 0 unspecified atom stereocenters. The summed E-state index contributed by atoms with van der Waals surface area (Å²) < 4.78 is 0. The number of rotatable bonds is 2. The highest BCUT2D eigenvalue weighted by molar-refractivity contribution is 5.78. The van der Waals surface area contributed by atoms with E-state index in [4.69, 9.17) is 5.73 Å². The third kappa shape index (κ3) is 1.95. The first-order valence-corrected chi connectivity index (χ1v) is 5.91. The predicted molar refractivity (Wildman–Crippen MR) is 75.1 cm³/mol. The normalized spacial score (nSPS) is 10.8. The second-order valence-electron chi connectivity index (χ2n) is 4.50. The van der Waals surface area contributed by atoms with E-state index in [1.165, 1.54) is 12.1 Å². The van der Waals surface area contributed by atoms with Crippen molar-refractivity contribution in [1.29, 1.82) is 0 Å². The first-order valence-electron chi connectivity index (χ1n) is 5.91. The van der Waals surface area contributed by atoms with Crippen LogP contribution in [0.5, 0.6) is 0 Å². The van der Waals surface area contributed by atoms with E-state index in [2.05, 4.69) is 15.0 Å². The number of nitrogens with two attached hydrogens (primary N) is 1. The van der Waals surface area contributed by atoms with Crippen LogP contribution in [0.25, 0.3) is 22.6 Å². The first-order chi connectivity index (χ1) is 9.54. The first kappa shape index (κ1) is 12.1. The second kappa shape index (κ2) is 4.30. The van der Waals surface area contributed by atoms with E-state index in [1.54, 1.807) is 12.3 Å². The van der Waals surface area contributed by atoms with Crippen molar-refractivity contribution in [2.45, 2.75) is 6.92 Å². The van der Waals surface area contributed by atoms with Crippen molar-refractivity contribution in [2.24, 2.45) is 0 Å². The average Bonchev–Trinajstić information content (AvgIpc) is 2.81. The molecule has 1 aromatic carbocycles. The number of nitrogens with one attached hydrogen (secondary N) is 1. The van der Waals surface area contributed by atoms with Gasteiger partial charge in [-0.1, -0.05) is 0 Å². The maximum Gasteiger partial charge on any atom is 0.292 e. The van der Waals surface area contributed by atoms with Gasteiger partial charge in [-0.05, 0) is 30.7 Å². The van der Waals surface area contributed by atoms with Gasteiger partial charge in [0, 0.05) is 17.8 Å². The highest BCUT2D eigenvalue weighted by Gasteiger charge is 2.14. The van der Waals surface area contributed by atoms with E-state index >= 15 is 0 Å². The van der Waals surface area contributed by atoms with E-state index in [9.17, 15) is 10.1 Å². The zero-order valence-corrected chi connectivity index (χ0v) is 10.6. The Morgan fingerprint density at radius 2 is 2.15 bits per heavy atom. The molecular weight excluding hydrogens is 258 g/mol. The summed E-state index contributed by atoms with van der Waals surface area (Å²) in [5.41, 5.74) is 8.55. The van der Waals surface area contributed by atoms with Gasteiger partial charge in [-0.2, -0.15) is 0 Å². The highest BCUT2D eigenvalue weighted by atomic mass is 16.6. The number of benzene rings is 1. The highest BCUT2D eigenvalue weighted by Crippen LogP contribution is 2.28. The molecule has 0 bridgehead atoms. The van der Waals surface area contributed by atoms with Crippen LogP contribution in [0.2, 0.25) is 0 Å². The molecule has 0 spiro atoms. The molecule has 7 nitrogen and oxygen atoms in total. The number of hydrogen-bond donors (Lipinski definition) is 2. The maximum atomic E-state index is 10.9. The number of nitro benzene ring substituents is 1. The van der Waals surface area contributed by atoms with Crippen LogP contribution >= 0.6 is 0 Å². The van der Waals surface area contributed by atoms with Crippen LogP contribution in [0, 0.1) is 17.0 Å². The SMILES string of the molecule is Cc1cnc2nc(-c3ccc(N)c([N+](=O)[O-])c3)[nH]c2c1. The predicted octanol–water partition coefficient (Wildman–Crippen LogP) is 2.42. The van der Waals surface area contributed by atoms with Gasteiger partial charge in [0.1, 0.15) is 11.5 Å². The van der Waals surface area contributed by atoms with Crippen LogP contribution in [0.4, 0.5) is 11.4 Å². The average molecular weight is 269 g/mol. The van der Waals surface area contributed by atoms with Crippen LogP contribution in [0.3, 0.4) is 0 Å². The third-order valence-electron chi connectivity index (χ3n) is 2.97. The summed E-state index contributed by atoms with van der Waals surface area (Å²) in [5.74, 6) is 0.529. The largest absolute Gasteiger partial charge is 0.393 e.